The number of methoxy groups -OCH3 is 1. The lowest BCUT2D eigenvalue weighted by Crippen LogP contribution is -2.38. The van der Waals surface area contributed by atoms with Crippen LogP contribution in [0.4, 0.5) is 10.2 Å². The molecule has 0 aliphatic carbocycles. The highest BCUT2D eigenvalue weighted by atomic mass is 19.1. The van der Waals surface area contributed by atoms with Crippen LogP contribution in [0.2, 0.25) is 0 Å². The molecule has 42 heavy (non-hydrogen) atoms. The first-order valence-electron chi connectivity index (χ1n) is 15.7. The number of anilines is 1. The zero-order chi connectivity index (χ0) is 29.7. The van der Waals surface area contributed by atoms with Crippen LogP contribution in [0.15, 0.2) is 24.3 Å². The molecule has 2 N–H and O–H groups in total. The average molecular weight is 583 g/mol. The summed E-state index contributed by atoms with van der Waals surface area (Å²) in [6.07, 6.45) is 10.2. The number of pyridine rings is 1. The van der Waals surface area contributed by atoms with E-state index in [4.69, 9.17) is 14.5 Å². The fourth-order valence-corrected chi connectivity index (χ4v) is 6.88. The van der Waals surface area contributed by atoms with Crippen LogP contribution in [-0.2, 0) is 28.0 Å². The van der Waals surface area contributed by atoms with Crippen LogP contribution in [0.1, 0.15) is 86.7 Å². The van der Waals surface area contributed by atoms with Crippen LogP contribution in [0, 0.1) is 5.82 Å². The third-order valence-electron chi connectivity index (χ3n) is 9.46. The summed E-state index contributed by atoms with van der Waals surface area (Å²) < 4.78 is 26.8. The first-order chi connectivity index (χ1) is 20.3. The molecule has 3 atom stereocenters. The number of likely N-dealkylation sites (tertiary alicyclic amines) is 1. The maximum atomic E-state index is 15.3. The Labute approximate surface area is 249 Å². The molecule has 2 aromatic rings. The summed E-state index contributed by atoms with van der Waals surface area (Å²) in [7, 11) is 3.53. The number of carboxylic acids is 1. The van der Waals surface area contributed by atoms with E-state index >= 15 is 4.39 Å². The van der Waals surface area contributed by atoms with Crippen LogP contribution in [0.3, 0.4) is 0 Å². The quantitative estimate of drug-likeness (QED) is 0.315. The van der Waals surface area contributed by atoms with E-state index in [1.165, 1.54) is 25.2 Å². The molecular weight excluding hydrogens is 535 g/mol. The van der Waals surface area contributed by atoms with Gasteiger partial charge in [0.15, 0.2) is 11.6 Å². The predicted molar refractivity (Wildman–Crippen MR) is 162 cm³/mol. The third-order valence-corrected chi connectivity index (χ3v) is 9.46. The highest BCUT2D eigenvalue weighted by molar-refractivity contribution is 5.77. The van der Waals surface area contributed by atoms with Gasteiger partial charge in [-0.25, -0.2) is 9.37 Å². The molecule has 1 aromatic carbocycles. The molecule has 9 heteroatoms. The number of likely N-dealkylation sites (N-methyl/N-ethyl adjacent to an activating group) is 1. The van der Waals surface area contributed by atoms with Crippen LogP contribution >= 0.6 is 0 Å². The number of nitrogens with one attached hydrogen (secondary N) is 1. The Balaban J connectivity index is 1.17. The Morgan fingerprint density at radius 3 is 2.90 bits per heavy atom. The summed E-state index contributed by atoms with van der Waals surface area (Å²) >= 11 is 0. The Morgan fingerprint density at radius 1 is 1.29 bits per heavy atom. The van der Waals surface area contributed by atoms with Crippen molar-refractivity contribution < 1.29 is 23.8 Å². The third kappa shape index (κ3) is 6.90. The van der Waals surface area contributed by atoms with Crippen LogP contribution in [-0.4, -0.2) is 78.8 Å². The first-order valence-corrected chi connectivity index (χ1v) is 15.7. The SMILES string of the molecule is COc1c(F)cc(C2(C)CCCCO2)cc1C(C(=O)O)N1CC[C@@H](N(C)CCCCCc2ccc3c(n2)NCCC3)C1. The lowest BCUT2D eigenvalue weighted by Gasteiger charge is -2.35. The molecule has 5 rings (SSSR count). The van der Waals surface area contributed by atoms with Gasteiger partial charge in [0.1, 0.15) is 11.9 Å². The standard InChI is InChI=1S/C33H47FN4O4/c1-33(15-6-8-19-42-33)24-20-27(30(41-3)28(34)21-24)29(32(39)40)38-18-14-26(22-38)37(2)17-7-4-5-11-25-13-12-23-10-9-16-35-31(23)36-25/h12-13,20-21,26,29H,4-11,14-19,22H2,1-3H3,(H,35,36)(H,39,40)/t26-,29?,33?/m1/s1. The van der Waals surface area contributed by atoms with Crippen LogP contribution in [0.25, 0.3) is 0 Å². The number of hydrogen-bond acceptors (Lipinski definition) is 7. The van der Waals surface area contributed by atoms with Gasteiger partial charge in [-0.1, -0.05) is 12.5 Å². The number of halogens is 1. The first kappa shape index (κ1) is 30.7. The number of benzene rings is 1. The number of unbranched alkanes of at least 4 members (excludes halogenated alkanes) is 2. The van der Waals surface area contributed by atoms with Gasteiger partial charge < -0.3 is 24.8 Å². The molecule has 0 amide bonds. The molecule has 8 nitrogen and oxygen atoms in total. The highest BCUT2D eigenvalue weighted by Crippen LogP contribution is 2.41. The van der Waals surface area contributed by atoms with E-state index in [1.54, 1.807) is 6.07 Å². The van der Waals surface area contributed by atoms with Crippen molar-refractivity contribution in [3.05, 3.63) is 52.5 Å². The molecule has 2 saturated heterocycles. The number of nitrogens with zero attached hydrogens (tertiary/aromatic N) is 3. The van der Waals surface area contributed by atoms with Crippen molar-refractivity contribution in [2.45, 2.75) is 88.8 Å². The normalized spacial score (nSPS) is 23.4. The summed E-state index contributed by atoms with van der Waals surface area (Å²) in [5.74, 6) is -0.464. The topological polar surface area (TPSA) is 87.2 Å². The molecule has 230 valence electrons. The molecule has 4 heterocycles. The average Bonchev–Trinajstić information content (AvgIpc) is 3.47. The van der Waals surface area contributed by atoms with E-state index in [9.17, 15) is 9.90 Å². The van der Waals surface area contributed by atoms with E-state index in [-0.39, 0.29) is 11.8 Å². The number of carboxylic acid groups (broad SMARTS) is 1. The van der Waals surface area contributed by atoms with Gasteiger partial charge in [-0.15, -0.1) is 0 Å². The molecule has 3 aliphatic rings. The molecule has 1 aromatic heterocycles. The number of aromatic nitrogens is 1. The van der Waals surface area contributed by atoms with E-state index < -0.39 is 23.4 Å². The minimum atomic E-state index is -0.992. The molecule has 0 radical (unpaired) electrons. The molecule has 0 bridgehead atoms. The molecule has 0 saturated carbocycles. The van der Waals surface area contributed by atoms with Crippen molar-refractivity contribution in [1.82, 2.24) is 14.8 Å². The van der Waals surface area contributed by atoms with Gasteiger partial charge in [0.05, 0.1) is 12.7 Å². The second kappa shape index (κ2) is 13.7. The van der Waals surface area contributed by atoms with Crippen molar-refractivity contribution in [2.24, 2.45) is 0 Å². The molecule has 2 unspecified atom stereocenters. The van der Waals surface area contributed by atoms with Gasteiger partial charge in [-0.3, -0.25) is 9.69 Å². The number of fused-ring (bicyclic) bond motifs is 1. The van der Waals surface area contributed by atoms with Gasteiger partial charge in [0.2, 0.25) is 0 Å². The van der Waals surface area contributed by atoms with E-state index in [0.717, 1.165) is 82.4 Å². The number of aryl methyl sites for hydroxylation is 2. The Kier molecular flexibility index (Phi) is 10.0. The lowest BCUT2D eigenvalue weighted by atomic mass is 9.86. The lowest BCUT2D eigenvalue weighted by molar-refractivity contribution is -0.143. The van der Waals surface area contributed by atoms with Crippen molar-refractivity contribution in [3.63, 3.8) is 0 Å². The number of carbonyl (C=O) groups is 1. The van der Waals surface area contributed by atoms with Gasteiger partial charge in [-0.05, 0) is 108 Å². The summed E-state index contributed by atoms with van der Waals surface area (Å²) in [5, 5.41) is 13.8. The highest BCUT2D eigenvalue weighted by Gasteiger charge is 2.39. The summed E-state index contributed by atoms with van der Waals surface area (Å²) in [4.78, 5) is 21.8. The zero-order valence-corrected chi connectivity index (χ0v) is 25.5. The van der Waals surface area contributed by atoms with E-state index in [0.29, 0.717) is 30.8 Å². The largest absolute Gasteiger partial charge is 0.493 e. The number of aliphatic carboxylic acids is 1. The summed E-state index contributed by atoms with van der Waals surface area (Å²) in [5.41, 5.74) is 2.89. The summed E-state index contributed by atoms with van der Waals surface area (Å²) in [6.45, 7) is 5.79. The Hall–Kier alpha value is -2.75. The minimum Gasteiger partial charge on any atom is -0.493 e. The van der Waals surface area contributed by atoms with Gasteiger partial charge in [0, 0.05) is 43.5 Å². The van der Waals surface area contributed by atoms with Crippen LogP contribution in [0.5, 0.6) is 5.75 Å². The number of ether oxygens (including phenoxy) is 2. The van der Waals surface area contributed by atoms with Gasteiger partial charge in [-0.2, -0.15) is 0 Å². The number of rotatable bonds is 12. The maximum Gasteiger partial charge on any atom is 0.325 e. The zero-order valence-electron chi connectivity index (χ0n) is 25.5. The van der Waals surface area contributed by atoms with Crippen molar-refractivity contribution in [3.8, 4) is 5.75 Å². The Bertz CT molecular complexity index is 1230. The minimum absolute atomic E-state index is 0.00608. The van der Waals surface area contributed by atoms with E-state index in [1.807, 2.05) is 11.8 Å². The Morgan fingerprint density at radius 2 is 2.14 bits per heavy atom. The van der Waals surface area contributed by atoms with Crippen molar-refractivity contribution >= 4 is 11.8 Å². The second-order valence-corrected chi connectivity index (χ2v) is 12.4. The number of hydrogen-bond donors (Lipinski definition) is 2. The second-order valence-electron chi connectivity index (χ2n) is 12.4. The maximum absolute atomic E-state index is 15.3. The fourth-order valence-electron chi connectivity index (χ4n) is 6.88. The fraction of sp³-hybridized carbons (Fsp3) is 0.636. The molecule has 3 aliphatic heterocycles. The smallest absolute Gasteiger partial charge is 0.325 e. The monoisotopic (exact) mass is 582 g/mol. The van der Waals surface area contributed by atoms with Crippen molar-refractivity contribution in [2.75, 3.05) is 52.3 Å². The predicted octanol–water partition coefficient (Wildman–Crippen LogP) is 5.55. The van der Waals surface area contributed by atoms with Crippen molar-refractivity contribution in [1.29, 1.82) is 0 Å². The van der Waals surface area contributed by atoms with Gasteiger partial charge in [0.25, 0.3) is 0 Å². The van der Waals surface area contributed by atoms with Crippen LogP contribution < -0.4 is 10.1 Å². The summed E-state index contributed by atoms with van der Waals surface area (Å²) in [6, 6.07) is 6.90. The molecular formula is C33H47FN4O4. The van der Waals surface area contributed by atoms with E-state index in [2.05, 4.69) is 29.4 Å². The molecule has 0 spiro atoms. The van der Waals surface area contributed by atoms with Gasteiger partial charge >= 0.3 is 5.97 Å². The molecule has 2 fully saturated rings.